The van der Waals surface area contributed by atoms with E-state index in [4.69, 9.17) is 14.6 Å². The molecule has 232 valence electrons. The van der Waals surface area contributed by atoms with Gasteiger partial charge in [0.25, 0.3) is 5.56 Å². The van der Waals surface area contributed by atoms with Crippen LogP contribution in [0.3, 0.4) is 0 Å². The topological polar surface area (TPSA) is 83.5 Å². The van der Waals surface area contributed by atoms with Crippen LogP contribution in [0.4, 0.5) is 0 Å². The van der Waals surface area contributed by atoms with Crippen molar-refractivity contribution < 1.29 is 9.47 Å². The number of unbranched alkanes of at least 4 members (excludes halogenated alkanes) is 1. The number of nitrogens with zero attached hydrogens (tertiary/aromatic N) is 5. The minimum atomic E-state index is -0.223. The molecule has 0 saturated heterocycles. The van der Waals surface area contributed by atoms with Gasteiger partial charge in [-0.05, 0) is 66.3 Å². The minimum absolute atomic E-state index is 0.223. The van der Waals surface area contributed by atoms with Gasteiger partial charge in [-0.15, -0.1) is 16.9 Å². The van der Waals surface area contributed by atoms with Crippen molar-refractivity contribution in [2.24, 2.45) is 0 Å². The first-order valence-corrected chi connectivity index (χ1v) is 16.8. The van der Waals surface area contributed by atoms with Gasteiger partial charge < -0.3 is 9.47 Å². The summed E-state index contributed by atoms with van der Waals surface area (Å²) in [5.74, 6) is 2.79. The van der Waals surface area contributed by atoms with Crippen molar-refractivity contribution in [3.05, 3.63) is 123 Å². The number of benzene rings is 3. The molecule has 6 rings (SSSR count). The van der Waals surface area contributed by atoms with Gasteiger partial charge in [-0.1, -0.05) is 79.8 Å². The quantitative estimate of drug-likeness (QED) is 0.0746. The zero-order valence-electron chi connectivity index (χ0n) is 25.6. The molecule has 0 radical (unpaired) electrons. The second-order valence-corrected chi connectivity index (χ2v) is 12.5. The molecule has 6 aromatic rings. The van der Waals surface area contributed by atoms with Crippen LogP contribution < -0.4 is 19.6 Å². The van der Waals surface area contributed by atoms with Crippen LogP contribution in [-0.2, 0) is 0 Å². The van der Waals surface area contributed by atoms with Gasteiger partial charge in [0.1, 0.15) is 6.61 Å². The molecule has 0 aliphatic carbocycles. The van der Waals surface area contributed by atoms with E-state index in [2.05, 4.69) is 47.9 Å². The molecular weight excluding hydrogens is 615 g/mol. The smallest absolute Gasteiger partial charge is 0.291 e. The van der Waals surface area contributed by atoms with Gasteiger partial charge in [-0.25, -0.2) is 4.68 Å². The Morgan fingerprint density at radius 2 is 1.83 bits per heavy atom. The Hall–Kier alpha value is -4.93. The Bertz CT molecular complexity index is 2100. The molecule has 0 aliphatic heterocycles. The Labute approximate surface area is 275 Å². The van der Waals surface area contributed by atoms with Crippen molar-refractivity contribution in [2.45, 2.75) is 24.7 Å². The third-order valence-corrected chi connectivity index (χ3v) is 9.17. The number of fused-ring (bicyclic) bond motifs is 1. The van der Waals surface area contributed by atoms with Gasteiger partial charge in [0, 0.05) is 22.2 Å². The van der Waals surface area contributed by atoms with Crippen molar-refractivity contribution in [1.29, 1.82) is 0 Å². The molecule has 46 heavy (non-hydrogen) atoms. The number of ether oxygens (including phenoxy) is 2. The number of thiazole rings is 1. The third-order valence-electron chi connectivity index (χ3n) is 7.11. The molecule has 0 amide bonds. The van der Waals surface area contributed by atoms with E-state index in [1.165, 1.54) is 33.6 Å². The molecule has 10 heteroatoms. The van der Waals surface area contributed by atoms with Crippen molar-refractivity contribution in [2.75, 3.05) is 19.5 Å². The highest BCUT2D eigenvalue weighted by atomic mass is 32.2. The molecular formula is C36H33N5O3S2. The summed E-state index contributed by atoms with van der Waals surface area (Å²) in [4.78, 5) is 19.8. The molecule has 0 spiro atoms. The Morgan fingerprint density at radius 1 is 1.00 bits per heavy atom. The molecule has 0 N–H and O–H groups in total. The average molecular weight is 648 g/mol. The second kappa shape index (κ2) is 14.4. The summed E-state index contributed by atoms with van der Waals surface area (Å²) in [6.07, 6.45) is 11.5. The molecule has 3 heterocycles. The molecule has 0 atom stereocenters. The summed E-state index contributed by atoms with van der Waals surface area (Å²) in [6, 6.07) is 24.0. The van der Waals surface area contributed by atoms with Gasteiger partial charge in [0.05, 0.1) is 23.0 Å². The van der Waals surface area contributed by atoms with Crippen LogP contribution in [0.1, 0.15) is 36.7 Å². The number of hydrogen-bond donors (Lipinski definition) is 0. The van der Waals surface area contributed by atoms with E-state index in [9.17, 15) is 4.79 Å². The maximum Gasteiger partial charge on any atom is 0.291 e. The fraction of sp³-hybridized carbons (Fsp3) is 0.167. The maximum absolute atomic E-state index is 13.5. The van der Waals surface area contributed by atoms with Crippen molar-refractivity contribution >= 4 is 46.3 Å². The average Bonchev–Trinajstić information content (AvgIpc) is 3.78. The van der Waals surface area contributed by atoms with Crippen LogP contribution in [0, 0.1) is 0 Å². The number of rotatable bonds is 13. The van der Waals surface area contributed by atoms with Gasteiger partial charge in [0.15, 0.2) is 17.3 Å². The van der Waals surface area contributed by atoms with Crippen LogP contribution in [0.5, 0.6) is 11.5 Å². The highest BCUT2D eigenvalue weighted by Gasteiger charge is 2.14. The van der Waals surface area contributed by atoms with Crippen LogP contribution in [0.2, 0.25) is 0 Å². The molecule has 0 unspecified atom stereocenters. The molecule has 3 aromatic carbocycles. The van der Waals surface area contributed by atoms with E-state index in [1.807, 2.05) is 83.3 Å². The molecule has 0 fully saturated rings. The summed E-state index contributed by atoms with van der Waals surface area (Å²) < 4.78 is 14.8. The predicted octanol–water partition coefficient (Wildman–Crippen LogP) is 7.19. The second-order valence-electron chi connectivity index (χ2n) is 10.4. The van der Waals surface area contributed by atoms with Gasteiger partial charge in [-0.2, -0.15) is 14.6 Å². The molecule has 3 aromatic heterocycles. The lowest BCUT2D eigenvalue weighted by Crippen LogP contribution is -2.23. The Morgan fingerprint density at radius 3 is 2.57 bits per heavy atom. The summed E-state index contributed by atoms with van der Waals surface area (Å²) in [7, 11) is 1.60. The number of para-hydroxylation sites is 1. The highest BCUT2D eigenvalue weighted by molar-refractivity contribution is 7.99. The van der Waals surface area contributed by atoms with Crippen LogP contribution in [0.15, 0.2) is 101 Å². The minimum Gasteiger partial charge on any atom is -0.493 e. The molecule has 8 nitrogen and oxygen atoms in total. The van der Waals surface area contributed by atoms with E-state index in [0.29, 0.717) is 33.4 Å². The Balaban J connectivity index is 1.30. The van der Waals surface area contributed by atoms with Gasteiger partial charge in [-0.3, -0.25) is 4.79 Å². The standard InChI is InChI=1S/C36H33N5O3S2/c1-4-6-21-45-29-16-14-26(15-17-29)34-27(24-40(39-34)28-10-8-7-9-11-28)23-32-35(42)41-36(46-32)37-33(38-41)19-13-25-12-18-30(44-20-5-2)31(22-25)43-3/h5,7-19,22-24H,2,4,6,20-21H2,1,3H3/b19-13+,32-23-. The molecule has 0 bridgehead atoms. The first-order valence-electron chi connectivity index (χ1n) is 15.0. The first kappa shape index (κ1) is 31.1. The fourth-order valence-electron chi connectivity index (χ4n) is 4.76. The molecule has 0 saturated carbocycles. The zero-order valence-corrected chi connectivity index (χ0v) is 27.3. The summed E-state index contributed by atoms with van der Waals surface area (Å²) >= 11 is 3.16. The largest absolute Gasteiger partial charge is 0.493 e. The maximum atomic E-state index is 13.5. The lowest BCUT2D eigenvalue weighted by molar-refractivity contribution is 0.326. The summed E-state index contributed by atoms with van der Waals surface area (Å²) in [6.45, 7) is 6.27. The van der Waals surface area contributed by atoms with Gasteiger partial charge >= 0.3 is 0 Å². The van der Waals surface area contributed by atoms with E-state index in [0.717, 1.165) is 33.8 Å². The molecule has 0 aliphatic rings. The third kappa shape index (κ3) is 6.98. The van der Waals surface area contributed by atoms with Gasteiger partial charge in [0.2, 0.25) is 4.96 Å². The number of thioether (sulfide) groups is 1. The number of hydrogen-bond acceptors (Lipinski definition) is 8. The van der Waals surface area contributed by atoms with E-state index in [1.54, 1.807) is 19.3 Å². The Kier molecular flexibility index (Phi) is 9.76. The monoisotopic (exact) mass is 647 g/mol. The summed E-state index contributed by atoms with van der Waals surface area (Å²) in [5.41, 5.74) is 4.22. The highest BCUT2D eigenvalue weighted by Crippen LogP contribution is 2.29. The zero-order chi connectivity index (χ0) is 31.9. The van der Waals surface area contributed by atoms with Crippen molar-refractivity contribution in [3.63, 3.8) is 0 Å². The van der Waals surface area contributed by atoms with Crippen LogP contribution >= 0.6 is 23.1 Å². The van der Waals surface area contributed by atoms with Crippen molar-refractivity contribution in [3.8, 4) is 28.4 Å². The number of aromatic nitrogens is 5. The first-order chi connectivity index (χ1) is 22.6. The van der Waals surface area contributed by atoms with Crippen molar-refractivity contribution in [1.82, 2.24) is 24.4 Å². The van der Waals surface area contributed by atoms with Crippen LogP contribution in [0.25, 0.3) is 40.1 Å². The number of methoxy groups -OCH3 is 1. The summed E-state index contributed by atoms with van der Waals surface area (Å²) in [5, 5.41) is 9.41. The lowest BCUT2D eigenvalue weighted by Gasteiger charge is -2.09. The van der Waals surface area contributed by atoms with Crippen LogP contribution in [-0.4, -0.2) is 43.8 Å². The fourth-order valence-corrected chi connectivity index (χ4v) is 6.66. The van der Waals surface area contributed by atoms with E-state index in [-0.39, 0.29) is 5.56 Å². The predicted molar refractivity (Wildman–Crippen MR) is 188 cm³/mol. The van der Waals surface area contributed by atoms with E-state index >= 15 is 0 Å². The lowest BCUT2D eigenvalue weighted by atomic mass is 10.1. The normalized spacial score (nSPS) is 11.9. The van der Waals surface area contributed by atoms with E-state index < -0.39 is 0 Å². The SMILES string of the molecule is C=CCOc1ccc(/C=C/c2nc3s/c(=C\c4cn(-c5ccccc5)nc4-c4ccc(SCCCC)cc4)c(=O)n3n2)cc1OC.